The second kappa shape index (κ2) is 7.48. The van der Waals surface area contributed by atoms with Crippen molar-refractivity contribution in [3.8, 4) is 5.88 Å². The van der Waals surface area contributed by atoms with E-state index in [2.05, 4.69) is 20.7 Å². The van der Waals surface area contributed by atoms with E-state index < -0.39 is 7.82 Å². The van der Waals surface area contributed by atoms with Crippen LogP contribution in [0.4, 0.5) is 0 Å². The molecule has 0 bridgehead atoms. The van der Waals surface area contributed by atoms with Crippen molar-refractivity contribution in [3.63, 3.8) is 0 Å². The molecule has 0 amide bonds. The first-order valence-corrected chi connectivity index (χ1v) is 6.60. The monoisotopic (exact) mass is 369 g/mol. The zero-order valence-corrected chi connectivity index (χ0v) is 16.8. The summed E-state index contributed by atoms with van der Waals surface area (Å²) in [6, 6.07) is 6.36. The first-order valence-electron chi connectivity index (χ1n) is 4.06. The van der Waals surface area contributed by atoms with Gasteiger partial charge >= 0.3 is 59.1 Å². The average molecular weight is 370 g/mol. The van der Waals surface area contributed by atoms with Gasteiger partial charge in [0.15, 0.2) is 0 Å². The van der Waals surface area contributed by atoms with Gasteiger partial charge in [-0.25, -0.2) is 3.59 Å². The van der Waals surface area contributed by atoms with Crippen molar-refractivity contribution in [1.29, 1.82) is 0 Å². The molecule has 0 aliphatic rings. The van der Waals surface area contributed by atoms with Crippen LogP contribution in [0.15, 0.2) is 24.3 Å². The van der Waals surface area contributed by atoms with Gasteiger partial charge in [-0.1, -0.05) is 17.7 Å². The van der Waals surface area contributed by atoms with E-state index in [4.69, 9.17) is 11.6 Å². The molecule has 0 atom stereocenters. The molecule has 0 radical (unpaired) electrons. The SMILES string of the molecule is O=P([O-])([O-])Oc1cc2ccc(Cl)cc2n1Br.[Na+].[Na+]. The number of rotatable bonds is 2. The zero-order valence-electron chi connectivity index (χ0n) is 9.59. The van der Waals surface area contributed by atoms with Crippen molar-refractivity contribution in [2.24, 2.45) is 0 Å². The molecule has 2 aromatic rings. The predicted molar refractivity (Wildman–Crippen MR) is 59.5 cm³/mol. The van der Waals surface area contributed by atoms with E-state index in [1.807, 2.05) is 0 Å². The fraction of sp³-hybridized carbons (Fsp3) is 0. The van der Waals surface area contributed by atoms with Crippen molar-refractivity contribution < 1.29 is 78.0 Å². The third-order valence-corrected chi connectivity index (χ3v) is 3.26. The van der Waals surface area contributed by atoms with Crippen LogP contribution in [0.1, 0.15) is 0 Å². The largest absolute Gasteiger partial charge is 1.00 e. The second-order valence-corrected chi connectivity index (χ2v) is 5.23. The first-order chi connectivity index (χ1) is 7.37. The number of nitrogens with zero attached hydrogens (tertiary/aromatic N) is 1. The first kappa shape index (κ1) is 19.5. The molecule has 0 aliphatic carbocycles. The molecule has 0 fully saturated rings. The predicted octanol–water partition coefficient (Wildman–Crippen LogP) is -4.33. The van der Waals surface area contributed by atoms with E-state index >= 15 is 0 Å². The van der Waals surface area contributed by atoms with Crippen LogP contribution >= 0.6 is 35.6 Å². The molecule has 86 valence electrons. The molecule has 18 heavy (non-hydrogen) atoms. The van der Waals surface area contributed by atoms with E-state index in [9.17, 15) is 14.4 Å². The molecular formula is C8H4BrClNNa2O4P. The molecule has 1 aromatic carbocycles. The topological polar surface area (TPSA) is 77.3 Å². The summed E-state index contributed by atoms with van der Waals surface area (Å²) in [5, 5.41) is 1.19. The van der Waals surface area contributed by atoms with E-state index in [0.717, 1.165) is 0 Å². The molecule has 0 N–H and O–H groups in total. The molecule has 0 unspecified atom stereocenters. The van der Waals surface area contributed by atoms with Crippen LogP contribution in [0.5, 0.6) is 5.88 Å². The van der Waals surface area contributed by atoms with E-state index in [1.165, 1.54) is 9.66 Å². The Balaban J connectivity index is 0.00000144. The van der Waals surface area contributed by atoms with Crippen molar-refractivity contribution in [3.05, 3.63) is 29.3 Å². The van der Waals surface area contributed by atoms with Crippen LogP contribution in [-0.4, -0.2) is 3.59 Å². The summed E-state index contributed by atoms with van der Waals surface area (Å²) in [7, 11) is -5.07. The van der Waals surface area contributed by atoms with Crippen LogP contribution in [0, 0.1) is 0 Å². The maximum Gasteiger partial charge on any atom is 1.00 e. The third kappa shape index (κ3) is 4.79. The Morgan fingerprint density at radius 2 is 1.89 bits per heavy atom. The molecule has 2 rings (SSSR count). The molecule has 10 heteroatoms. The third-order valence-electron chi connectivity index (χ3n) is 1.88. The van der Waals surface area contributed by atoms with Crippen molar-refractivity contribution in [2.45, 2.75) is 0 Å². The van der Waals surface area contributed by atoms with Gasteiger partial charge in [0.1, 0.15) is 7.82 Å². The number of phosphoric ester groups is 1. The molecule has 0 saturated heterocycles. The number of benzene rings is 1. The van der Waals surface area contributed by atoms with E-state index in [1.54, 1.807) is 18.2 Å². The minimum atomic E-state index is -5.07. The normalized spacial score (nSPS) is 10.7. The van der Waals surface area contributed by atoms with Crippen LogP contribution in [0.3, 0.4) is 0 Å². The molecule has 0 saturated carbocycles. The van der Waals surface area contributed by atoms with Crippen LogP contribution in [0.25, 0.3) is 10.9 Å². The molecule has 0 aliphatic heterocycles. The maximum absolute atomic E-state index is 10.5. The quantitative estimate of drug-likeness (QED) is 0.396. The van der Waals surface area contributed by atoms with Crippen molar-refractivity contribution >= 4 is 46.5 Å². The van der Waals surface area contributed by atoms with Gasteiger partial charge in [-0.3, -0.25) is 0 Å². The standard InChI is InChI=1S/C8H6BrClNO4P.2Na/c9-11-7-4-6(10)2-1-5(7)3-8(11)15-16(12,13)14;;/h1-4H,(H2,12,13,14);;/q;2*+1/p-2. The molecule has 1 aromatic heterocycles. The Labute approximate surface area is 161 Å². The summed E-state index contributed by atoms with van der Waals surface area (Å²) in [6.45, 7) is 0. The van der Waals surface area contributed by atoms with Gasteiger partial charge < -0.3 is 18.9 Å². The van der Waals surface area contributed by atoms with Crippen molar-refractivity contribution in [2.75, 3.05) is 0 Å². The summed E-state index contributed by atoms with van der Waals surface area (Å²) < 4.78 is 16.0. The fourth-order valence-electron chi connectivity index (χ4n) is 1.29. The smallest absolute Gasteiger partial charge is 0.780 e. The van der Waals surface area contributed by atoms with Gasteiger partial charge in [-0.15, -0.1) is 0 Å². The summed E-state index contributed by atoms with van der Waals surface area (Å²) in [5.41, 5.74) is 0.607. The Morgan fingerprint density at radius 1 is 1.28 bits per heavy atom. The number of aromatic nitrogens is 1. The summed E-state index contributed by atoms with van der Waals surface area (Å²) in [4.78, 5) is 21.0. The van der Waals surface area contributed by atoms with Gasteiger partial charge in [0, 0.05) is 16.5 Å². The number of hydrogen-bond donors (Lipinski definition) is 0. The Hall–Kier alpha value is 1.48. The van der Waals surface area contributed by atoms with Gasteiger partial charge in [0.05, 0.1) is 21.7 Å². The van der Waals surface area contributed by atoms with E-state index in [-0.39, 0.29) is 65.0 Å². The molecular weight excluding hydrogens is 366 g/mol. The summed E-state index contributed by atoms with van der Waals surface area (Å²) in [5.74, 6) is -0.106. The Morgan fingerprint density at radius 3 is 2.44 bits per heavy atom. The number of phosphoric acid groups is 1. The molecule has 1 heterocycles. The average Bonchev–Trinajstić information content (AvgIpc) is 2.42. The zero-order chi connectivity index (χ0) is 11.9. The van der Waals surface area contributed by atoms with Gasteiger partial charge in [0.2, 0.25) is 5.88 Å². The maximum atomic E-state index is 10.5. The molecule has 0 spiro atoms. The number of fused-ring (bicyclic) bond motifs is 1. The Bertz CT molecular complexity index is 602. The number of hydrogen-bond acceptors (Lipinski definition) is 4. The van der Waals surface area contributed by atoms with E-state index in [0.29, 0.717) is 15.9 Å². The van der Waals surface area contributed by atoms with Crippen molar-refractivity contribution in [1.82, 2.24) is 3.59 Å². The van der Waals surface area contributed by atoms with Crippen LogP contribution in [0.2, 0.25) is 5.02 Å². The molecule has 5 nitrogen and oxygen atoms in total. The Kier molecular flexibility index (Phi) is 8.09. The van der Waals surface area contributed by atoms with Crippen LogP contribution in [-0.2, 0) is 4.57 Å². The minimum Gasteiger partial charge on any atom is -0.780 e. The fourth-order valence-corrected chi connectivity index (χ4v) is 2.42. The summed E-state index contributed by atoms with van der Waals surface area (Å²) in [6.07, 6.45) is 0. The second-order valence-electron chi connectivity index (χ2n) is 3.01. The van der Waals surface area contributed by atoms with Crippen LogP contribution < -0.4 is 73.4 Å². The van der Waals surface area contributed by atoms with Gasteiger partial charge in [0.25, 0.3) is 0 Å². The number of halogens is 2. The minimum absolute atomic E-state index is 0. The van der Waals surface area contributed by atoms with Gasteiger partial charge in [-0.05, 0) is 12.1 Å². The summed E-state index contributed by atoms with van der Waals surface area (Å²) >= 11 is 8.85. The van der Waals surface area contributed by atoms with Gasteiger partial charge in [-0.2, -0.15) is 0 Å².